The third-order valence-corrected chi connectivity index (χ3v) is 5.80. The Labute approximate surface area is 149 Å². The van der Waals surface area contributed by atoms with Crippen LogP contribution in [-0.2, 0) is 21.3 Å². The molecule has 0 radical (unpaired) electrons. The predicted molar refractivity (Wildman–Crippen MR) is 91.2 cm³/mol. The third-order valence-electron chi connectivity index (χ3n) is 3.90. The van der Waals surface area contributed by atoms with E-state index < -0.39 is 14.9 Å². The summed E-state index contributed by atoms with van der Waals surface area (Å²) < 4.78 is 36.8. The molecule has 10 nitrogen and oxygen atoms in total. The molecule has 26 heavy (non-hydrogen) atoms. The van der Waals surface area contributed by atoms with Gasteiger partial charge in [-0.1, -0.05) is 5.16 Å². The first kappa shape index (κ1) is 18.3. The molecule has 1 aromatic carbocycles. The molecule has 0 spiro atoms. The van der Waals surface area contributed by atoms with Gasteiger partial charge < -0.3 is 14.6 Å². The van der Waals surface area contributed by atoms with Crippen molar-refractivity contribution < 1.29 is 22.6 Å². The summed E-state index contributed by atoms with van der Waals surface area (Å²) in [4.78, 5) is 10.7. The van der Waals surface area contributed by atoms with E-state index in [4.69, 9.17) is 9.26 Å². The molecule has 0 aliphatic carbocycles. The SMILES string of the molecule is Cc1cc(CNc2ccc(S(=O)(=O)N3CCOCC3)cc2[N+](=O)[O-])on1. The third kappa shape index (κ3) is 3.84. The molecule has 1 aliphatic rings. The van der Waals surface area contributed by atoms with Gasteiger partial charge in [-0.15, -0.1) is 0 Å². The highest BCUT2D eigenvalue weighted by Crippen LogP contribution is 2.29. The number of aromatic nitrogens is 1. The van der Waals surface area contributed by atoms with Crippen LogP contribution >= 0.6 is 0 Å². The standard InChI is InChI=1S/C15H18N4O6S/c1-11-8-12(25-17-11)10-16-14-3-2-13(9-15(14)19(20)21)26(22,23)18-4-6-24-7-5-18/h2-3,8-9,16H,4-7,10H2,1H3. The zero-order valence-electron chi connectivity index (χ0n) is 14.0. The Kier molecular flexibility index (Phi) is 5.20. The monoisotopic (exact) mass is 382 g/mol. The van der Waals surface area contributed by atoms with Crippen molar-refractivity contribution in [3.63, 3.8) is 0 Å². The number of anilines is 1. The van der Waals surface area contributed by atoms with Crippen LogP contribution in [0, 0.1) is 17.0 Å². The topological polar surface area (TPSA) is 128 Å². The van der Waals surface area contributed by atoms with Crippen LogP contribution in [0.4, 0.5) is 11.4 Å². The maximum absolute atomic E-state index is 12.7. The van der Waals surface area contributed by atoms with Gasteiger partial charge in [0, 0.05) is 25.2 Å². The summed E-state index contributed by atoms with van der Waals surface area (Å²) >= 11 is 0. The number of morpholine rings is 1. The first-order valence-corrected chi connectivity index (χ1v) is 9.34. The highest BCUT2D eigenvalue weighted by atomic mass is 32.2. The van der Waals surface area contributed by atoms with Crippen molar-refractivity contribution in [2.45, 2.75) is 18.4 Å². The van der Waals surface area contributed by atoms with Crippen molar-refractivity contribution in [2.24, 2.45) is 0 Å². The number of benzene rings is 1. The molecule has 2 aromatic rings. The number of sulfonamides is 1. The summed E-state index contributed by atoms with van der Waals surface area (Å²) in [5.41, 5.74) is 0.573. The maximum Gasteiger partial charge on any atom is 0.293 e. The van der Waals surface area contributed by atoms with E-state index in [2.05, 4.69) is 10.5 Å². The number of aryl methyl sites for hydroxylation is 1. The molecule has 1 aliphatic heterocycles. The Bertz CT molecular complexity index is 905. The van der Waals surface area contributed by atoms with Gasteiger partial charge in [0.05, 0.1) is 35.3 Å². The van der Waals surface area contributed by atoms with Crippen LogP contribution in [0.2, 0.25) is 0 Å². The normalized spacial score (nSPS) is 15.7. The molecule has 0 atom stereocenters. The predicted octanol–water partition coefficient (Wildman–Crippen LogP) is 1.52. The number of nitro groups is 1. The highest BCUT2D eigenvalue weighted by molar-refractivity contribution is 7.89. The van der Waals surface area contributed by atoms with Crippen LogP contribution in [0.5, 0.6) is 0 Å². The van der Waals surface area contributed by atoms with Crippen molar-refractivity contribution >= 4 is 21.4 Å². The largest absolute Gasteiger partial charge is 0.379 e. The lowest BCUT2D eigenvalue weighted by atomic mass is 10.2. The van der Waals surface area contributed by atoms with Gasteiger partial charge in [-0.3, -0.25) is 10.1 Å². The quantitative estimate of drug-likeness (QED) is 0.588. The molecule has 3 rings (SSSR count). The van der Waals surface area contributed by atoms with Crippen LogP contribution in [0.15, 0.2) is 33.7 Å². The Morgan fingerprint density at radius 1 is 1.31 bits per heavy atom. The molecule has 0 unspecified atom stereocenters. The van der Waals surface area contributed by atoms with E-state index in [0.717, 1.165) is 6.07 Å². The number of nitro benzene ring substituents is 1. The van der Waals surface area contributed by atoms with Gasteiger partial charge in [0.15, 0.2) is 5.76 Å². The molecule has 1 aromatic heterocycles. The fourth-order valence-electron chi connectivity index (χ4n) is 2.59. The number of rotatable bonds is 6. The van der Waals surface area contributed by atoms with Gasteiger partial charge in [0.1, 0.15) is 5.69 Å². The van der Waals surface area contributed by atoms with Gasteiger partial charge in [0.25, 0.3) is 5.69 Å². The average Bonchev–Trinajstić information content (AvgIpc) is 3.05. The van der Waals surface area contributed by atoms with Crippen molar-refractivity contribution in [3.8, 4) is 0 Å². The molecule has 0 bridgehead atoms. The molecule has 1 fully saturated rings. The smallest absolute Gasteiger partial charge is 0.293 e. The van der Waals surface area contributed by atoms with Gasteiger partial charge >= 0.3 is 0 Å². The highest BCUT2D eigenvalue weighted by Gasteiger charge is 2.28. The maximum atomic E-state index is 12.7. The molecule has 11 heteroatoms. The fraction of sp³-hybridized carbons (Fsp3) is 0.400. The van der Waals surface area contributed by atoms with E-state index in [1.165, 1.54) is 16.4 Å². The Balaban J connectivity index is 1.85. The zero-order chi connectivity index (χ0) is 18.7. The lowest BCUT2D eigenvalue weighted by Crippen LogP contribution is -2.40. The average molecular weight is 382 g/mol. The molecule has 2 heterocycles. The van der Waals surface area contributed by atoms with E-state index >= 15 is 0 Å². The zero-order valence-corrected chi connectivity index (χ0v) is 14.9. The van der Waals surface area contributed by atoms with E-state index in [0.29, 0.717) is 24.7 Å². The minimum Gasteiger partial charge on any atom is -0.379 e. The fourth-order valence-corrected chi connectivity index (χ4v) is 4.02. The molecular weight excluding hydrogens is 364 g/mol. The lowest BCUT2D eigenvalue weighted by molar-refractivity contribution is -0.384. The Morgan fingerprint density at radius 2 is 2.04 bits per heavy atom. The first-order valence-electron chi connectivity index (χ1n) is 7.90. The molecule has 1 saturated heterocycles. The Morgan fingerprint density at radius 3 is 2.65 bits per heavy atom. The van der Waals surface area contributed by atoms with Crippen LogP contribution < -0.4 is 5.32 Å². The lowest BCUT2D eigenvalue weighted by Gasteiger charge is -2.26. The van der Waals surface area contributed by atoms with E-state index in [-0.39, 0.29) is 35.9 Å². The summed E-state index contributed by atoms with van der Waals surface area (Å²) in [5.74, 6) is 0.516. The summed E-state index contributed by atoms with van der Waals surface area (Å²) in [6.07, 6.45) is 0. The van der Waals surface area contributed by atoms with Gasteiger partial charge in [0.2, 0.25) is 10.0 Å². The van der Waals surface area contributed by atoms with E-state index in [1.54, 1.807) is 13.0 Å². The van der Waals surface area contributed by atoms with Crippen molar-refractivity contribution in [1.82, 2.24) is 9.46 Å². The van der Waals surface area contributed by atoms with Gasteiger partial charge in [-0.25, -0.2) is 8.42 Å². The second kappa shape index (κ2) is 7.40. The second-order valence-electron chi connectivity index (χ2n) is 5.74. The van der Waals surface area contributed by atoms with Gasteiger partial charge in [-0.05, 0) is 19.1 Å². The van der Waals surface area contributed by atoms with E-state index in [1.807, 2.05) is 0 Å². The van der Waals surface area contributed by atoms with Crippen LogP contribution in [0.25, 0.3) is 0 Å². The second-order valence-corrected chi connectivity index (χ2v) is 7.68. The van der Waals surface area contributed by atoms with Crippen LogP contribution in [0.3, 0.4) is 0 Å². The summed E-state index contributed by atoms with van der Waals surface area (Å²) in [6.45, 7) is 3.01. The number of nitrogens with zero attached hydrogens (tertiary/aromatic N) is 3. The Hall–Kier alpha value is -2.50. The summed E-state index contributed by atoms with van der Waals surface area (Å²) in [6, 6.07) is 5.51. The van der Waals surface area contributed by atoms with Crippen LogP contribution in [0.1, 0.15) is 11.5 Å². The number of ether oxygens (including phenoxy) is 1. The molecule has 140 valence electrons. The van der Waals surface area contributed by atoms with Crippen molar-refractivity contribution in [2.75, 3.05) is 31.6 Å². The van der Waals surface area contributed by atoms with Crippen molar-refractivity contribution in [3.05, 3.63) is 45.8 Å². The van der Waals surface area contributed by atoms with Gasteiger partial charge in [-0.2, -0.15) is 4.31 Å². The minimum absolute atomic E-state index is 0.118. The number of nitrogens with one attached hydrogen (secondary N) is 1. The number of hydrogen-bond acceptors (Lipinski definition) is 8. The van der Waals surface area contributed by atoms with Crippen molar-refractivity contribution in [1.29, 1.82) is 0 Å². The van der Waals surface area contributed by atoms with E-state index in [9.17, 15) is 18.5 Å². The number of hydrogen-bond donors (Lipinski definition) is 1. The summed E-state index contributed by atoms with van der Waals surface area (Å²) in [5, 5.41) is 18.0. The molecule has 0 amide bonds. The van der Waals surface area contributed by atoms with Crippen LogP contribution in [-0.4, -0.2) is 49.1 Å². The minimum atomic E-state index is -3.81. The summed E-state index contributed by atoms with van der Waals surface area (Å²) in [7, 11) is -3.81. The molecular formula is C15H18N4O6S. The first-order chi connectivity index (χ1) is 12.4. The molecule has 1 N–H and O–H groups in total. The molecule has 0 saturated carbocycles.